The maximum atomic E-state index is 11.3. The number of hydrogen-bond donors (Lipinski definition) is 2. The van der Waals surface area contributed by atoms with Gasteiger partial charge in [-0.1, -0.05) is 29.8 Å². The number of rotatable bonds is 8. The molecule has 0 aliphatic heterocycles. The zero-order chi connectivity index (χ0) is 21.7. The van der Waals surface area contributed by atoms with E-state index in [9.17, 15) is 8.42 Å². The Balaban J connectivity index is 1.71. The van der Waals surface area contributed by atoms with Crippen LogP contribution in [0.5, 0.6) is 11.5 Å². The molecule has 0 bridgehead atoms. The molecule has 3 rings (SSSR count). The topological polar surface area (TPSA) is 90.6 Å². The van der Waals surface area contributed by atoms with Crippen LogP contribution in [0.3, 0.4) is 0 Å². The molecule has 0 saturated heterocycles. The number of halogens is 2. The van der Waals surface area contributed by atoms with Gasteiger partial charge in [0.05, 0.1) is 16.5 Å². The highest BCUT2D eigenvalue weighted by atomic mass is 79.9. The zero-order valence-corrected chi connectivity index (χ0v) is 19.2. The SMILES string of the molecule is COc1cc(CNc2ccc(S(N)(=O)=O)cc2)cc(Br)c1OCc1ccccc1Cl. The van der Waals surface area contributed by atoms with Gasteiger partial charge < -0.3 is 14.8 Å². The van der Waals surface area contributed by atoms with Gasteiger partial charge in [0.2, 0.25) is 10.0 Å². The van der Waals surface area contributed by atoms with Gasteiger partial charge >= 0.3 is 0 Å². The van der Waals surface area contributed by atoms with Crippen LogP contribution in [0.15, 0.2) is 70.0 Å². The lowest BCUT2D eigenvalue weighted by atomic mass is 10.2. The standard InChI is InChI=1S/C21H20BrClN2O4S/c1-28-20-11-14(12-25-16-6-8-17(9-7-16)30(24,26)27)10-18(22)21(20)29-13-15-4-2-3-5-19(15)23/h2-11,25H,12-13H2,1H3,(H2,24,26,27). The van der Waals surface area contributed by atoms with E-state index in [0.717, 1.165) is 21.3 Å². The highest BCUT2D eigenvalue weighted by molar-refractivity contribution is 9.10. The number of sulfonamides is 1. The van der Waals surface area contributed by atoms with Crippen LogP contribution in [0.25, 0.3) is 0 Å². The van der Waals surface area contributed by atoms with Crippen LogP contribution in [-0.4, -0.2) is 15.5 Å². The third-order valence-electron chi connectivity index (χ3n) is 4.30. The Hall–Kier alpha value is -2.26. The molecule has 0 atom stereocenters. The van der Waals surface area contributed by atoms with E-state index >= 15 is 0 Å². The summed E-state index contributed by atoms with van der Waals surface area (Å²) < 4.78 is 34.9. The van der Waals surface area contributed by atoms with Crippen molar-refractivity contribution in [3.05, 3.63) is 81.3 Å². The van der Waals surface area contributed by atoms with Gasteiger partial charge in [-0.15, -0.1) is 0 Å². The minimum atomic E-state index is -3.71. The fourth-order valence-corrected chi connectivity index (χ4v) is 4.06. The van der Waals surface area contributed by atoms with Crippen LogP contribution in [0, 0.1) is 0 Å². The average molecular weight is 512 g/mol. The minimum absolute atomic E-state index is 0.0671. The van der Waals surface area contributed by atoms with E-state index in [1.54, 1.807) is 19.2 Å². The largest absolute Gasteiger partial charge is 0.493 e. The number of nitrogens with one attached hydrogen (secondary N) is 1. The highest BCUT2D eigenvalue weighted by Crippen LogP contribution is 2.37. The molecule has 0 unspecified atom stereocenters. The molecule has 0 amide bonds. The molecule has 0 heterocycles. The number of methoxy groups -OCH3 is 1. The fourth-order valence-electron chi connectivity index (χ4n) is 2.75. The molecule has 0 aliphatic rings. The van der Waals surface area contributed by atoms with Gasteiger partial charge in [0.1, 0.15) is 6.61 Å². The first-order valence-corrected chi connectivity index (χ1v) is 11.6. The van der Waals surface area contributed by atoms with E-state index in [1.165, 1.54) is 12.1 Å². The summed E-state index contributed by atoms with van der Waals surface area (Å²) in [6, 6.07) is 17.5. The van der Waals surface area contributed by atoms with Crippen molar-refractivity contribution >= 4 is 43.2 Å². The number of nitrogens with two attached hydrogens (primary N) is 1. The van der Waals surface area contributed by atoms with E-state index in [2.05, 4.69) is 21.2 Å². The second kappa shape index (κ2) is 9.70. The van der Waals surface area contributed by atoms with Crippen LogP contribution in [0.2, 0.25) is 5.02 Å². The fraction of sp³-hybridized carbons (Fsp3) is 0.143. The second-order valence-corrected chi connectivity index (χ2v) is 9.24. The van der Waals surface area contributed by atoms with Crippen molar-refractivity contribution in [1.82, 2.24) is 0 Å². The first-order valence-electron chi connectivity index (χ1n) is 8.87. The molecular weight excluding hydrogens is 492 g/mol. The molecule has 3 aromatic rings. The van der Waals surface area contributed by atoms with E-state index in [4.69, 9.17) is 26.2 Å². The quantitative estimate of drug-likeness (QED) is 0.447. The van der Waals surface area contributed by atoms with E-state index in [0.29, 0.717) is 29.7 Å². The van der Waals surface area contributed by atoms with E-state index in [-0.39, 0.29) is 4.90 Å². The lowest BCUT2D eigenvalue weighted by Gasteiger charge is -2.15. The summed E-state index contributed by atoms with van der Waals surface area (Å²) in [4.78, 5) is 0.0671. The summed E-state index contributed by atoms with van der Waals surface area (Å²) in [5.74, 6) is 1.16. The number of benzene rings is 3. The zero-order valence-electron chi connectivity index (χ0n) is 16.1. The Labute approximate surface area is 189 Å². The van der Waals surface area contributed by atoms with Gasteiger partial charge in [-0.3, -0.25) is 0 Å². The Morgan fingerprint density at radius 3 is 2.43 bits per heavy atom. The van der Waals surface area contributed by atoms with E-state index < -0.39 is 10.0 Å². The van der Waals surface area contributed by atoms with Gasteiger partial charge in [0.15, 0.2) is 11.5 Å². The lowest BCUT2D eigenvalue weighted by Crippen LogP contribution is -2.12. The van der Waals surface area contributed by atoms with Crippen LogP contribution in [0.4, 0.5) is 5.69 Å². The molecule has 0 aromatic heterocycles. The summed E-state index contributed by atoms with van der Waals surface area (Å²) in [5.41, 5.74) is 2.58. The first-order chi connectivity index (χ1) is 14.3. The summed E-state index contributed by atoms with van der Waals surface area (Å²) in [6.45, 7) is 0.803. The van der Waals surface area contributed by atoms with Crippen molar-refractivity contribution < 1.29 is 17.9 Å². The Morgan fingerprint density at radius 1 is 1.10 bits per heavy atom. The monoisotopic (exact) mass is 510 g/mol. The van der Waals surface area contributed by atoms with Gasteiger partial charge in [-0.05, 0) is 64.0 Å². The number of anilines is 1. The van der Waals surface area contributed by atoms with Gasteiger partial charge in [0, 0.05) is 22.8 Å². The van der Waals surface area contributed by atoms with Crippen molar-refractivity contribution in [3.8, 4) is 11.5 Å². The maximum Gasteiger partial charge on any atom is 0.238 e. The summed E-state index contributed by atoms with van der Waals surface area (Å²) >= 11 is 9.73. The maximum absolute atomic E-state index is 11.3. The Kier molecular flexibility index (Phi) is 7.25. The van der Waals surface area contributed by atoms with Crippen molar-refractivity contribution in [2.24, 2.45) is 5.14 Å². The van der Waals surface area contributed by atoms with Crippen molar-refractivity contribution in [3.63, 3.8) is 0 Å². The van der Waals surface area contributed by atoms with Gasteiger partial charge in [-0.2, -0.15) is 0 Å². The number of hydrogen-bond acceptors (Lipinski definition) is 5. The summed E-state index contributed by atoms with van der Waals surface area (Å²) in [6.07, 6.45) is 0. The third-order valence-corrected chi connectivity index (χ3v) is 6.19. The molecule has 0 aliphatic carbocycles. The normalized spacial score (nSPS) is 11.2. The van der Waals surface area contributed by atoms with Crippen LogP contribution >= 0.6 is 27.5 Å². The predicted octanol–water partition coefficient (Wildman–Crippen LogP) is 4.95. The van der Waals surface area contributed by atoms with Gasteiger partial charge in [0.25, 0.3) is 0 Å². The Morgan fingerprint density at radius 2 is 1.80 bits per heavy atom. The van der Waals surface area contributed by atoms with Crippen molar-refractivity contribution in [1.29, 1.82) is 0 Å². The molecule has 0 spiro atoms. The number of primary sulfonamides is 1. The molecule has 158 valence electrons. The molecule has 3 N–H and O–H groups in total. The molecule has 0 radical (unpaired) electrons. The van der Waals surface area contributed by atoms with Crippen LogP contribution in [-0.2, 0) is 23.2 Å². The number of ether oxygens (including phenoxy) is 2. The van der Waals surface area contributed by atoms with Gasteiger partial charge in [-0.25, -0.2) is 13.6 Å². The van der Waals surface area contributed by atoms with Crippen molar-refractivity contribution in [2.75, 3.05) is 12.4 Å². The Bertz CT molecular complexity index is 1140. The van der Waals surface area contributed by atoms with E-state index in [1.807, 2.05) is 36.4 Å². The molecule has 0 fully saturated rings. The smallest absolute Gasteiger partial charge is 0.238 e. The summed E-state index contributed by atoms with van der Waals surface area (Å²) in [7, 11) is -2.13. The molecule has 30 heavy (non-hydrogen) atoms. The second-order valence-electron chi connectivity index (χ2n) is 6.41. The van der Waals surface area contributed by atoms with Crippen LogP contribution in [0.1, 0.15) is 11.1 Å². The average Bonchev–Trinajstić information content (AvgIpc) is 2.72. The van der Waals surface area contributed by atoms with Crippen molar-refractivity contribution in [2.45, 2.75) is 18.0 Å². The minimum Gasteiger partial charge on any atom is -0.493 e. The third kappa shape index (κ3) is 5.66. The van der Waals surface area contributed by atoms with Crippen LogP contribution < -0.4 is 19.9 Å². The molecule has 3 aromatic carbocycles. The molecule has 9 heteroatoms. The predicted molar refractivity (Wildman–Crippen MR) is 122 cm³/mol. The first kappa shape index (κ1) is 22.4. The highest BCUT2D eigenvalue weighted by Gasteiger charge is 2.13. The summed E-state index contributed by atoms with van der Waals surface area (Å²) in [5, 5.41) is 8.99. The molecule has 0 saturated carbocycles. The lowest BCUT2D eigenvalue weighted by molar-refractivity contribution is 0.282. The molecular formula is C21H20BrClN2O4S. The molecule has 6 nitrogen and oxygen atoms in total.